The minimum Gasteiger partial charge on any atom is -0.313 e. The molecule has 0 fully saturated rings. The summed E-state index contributed by atoms with van der Waals surface area (Å²) in [6, 6.07) is 9.44. The van der Waals surface area contributed by atoms with Crippen LogP contribution in [0.3, 0.4) is 0 Å². The zero-order valence-corrected chi connectivity index (χ0v) is 7.20. The molecule has 0 aliphatic heterocycles. The third kappa shape index (κ3) is 2.99. The van der Waals surface area contributed by atoms with E-state index >= 15 is 0 Å². The first-order chi connectivity index (χ1) is 6.36. The van der Waals surface area contributed by atoms with E-state index in [1.165, 1.54) is 12.4 Å². The second-order valence-electron chi connectivity index (χ2n) is 2.49. The van der Waals surface area contributed by atoms with Crippen LogP contribution in [0.1, 0.15) is 6.42 Å². The molecule has 0 amide bonds. The molecule has 13 heavy (non-hydrogen) atoms. The van der Waals surface area contributed by atoms with Crippen LogP contribution in [0, 0.1) is 10.8 Å². The van der Waals surface area contributed by atoms with Gasteiger partial charge in [0.15, 0.2) is 0 Å². The normalized spacial score (nSPS) is 10.9. The maximum atomic E-state index is 7.05. The highest BCUT2D eigenvalue weighted by atomic mass is 14.7. The number of benzene rings is 1. The standard InChI is InChI=1S/C10H11N3/c11-7-6-10(8-12)13-9-4-2-1-3-5-9/h1-5,7-8,11-12H,6H2. The molecule has 0 heterocycles. The lowest BCUT2D eigenvalue weighted by molar-refractivity contribution is 1.44. The molecule has 0 spiro atoms. The van der Waals surface area contributed by atoms with E-state index in [9.17, 15) is 0 Å². The molecule has 0 unspecified atom stereocenters. The third-order valence-electron chi connectivity index (χ3n) is 1.51. The van der Waals surface area contributed by atoms with Crippen molar-refractivity contribution in [3.8, 4) is 0 Å². The summed E-state index contributed by atoms with van der Waals surface area (Å²) < 4.78 is 0. The molecule has 0 aliphatic carbocycles. The zero-order chi connectivity index (χ0) is 9.52. The first kappa shape index (κ1) is 9.32. The Bertz CT molecular complexity index is 314. The van der Waals surface area contributed by atoms with Crippen LogP contribution in [0.5, 0.6) is 0 Å². The van der Waals surface area contributed by atoms with E-state index < -0.39 is 0 Å². The summed E-state index contributed by atoms with van der Waals surface area (Å²) in [7, 11) is 0. The van der Waals surface area contributed by atoms with Crippen LogP contribution in [-0.4, -0.2) is 18.1 Å². The van der Waals surface area contributed by atoms with Crippen LogP contribution >= 0.6 is 0 Å². The lowest BCUT2D eigenvalue weighted by atomic mass is 10.3. The molecule has 66 valence electrons. The number of nitrogens with one attached hydrogen (secondary N) is 2. The molecule has 0 aliphatic rings. The summed E-state index contributed by atoms with van der Waals surface area (Å²) in [6.45, 7) is 0. The van der Waals surface area contributed by atoms with Crippen molar-refractivity contribution in [3.05, 3.63) is 30.3 Å². The summed E-state index contributed by atoms with van der Waals surface area (Å²) in [5, 5.41) is 13.9. The van der Waals surface area contributed by atoms with E-state index in [1.807, 2.05) is 30.3 Å². The minimum absolute atomic E-state index is 0.415. The fourth-order valence-electron chi connectivity index (χ4n) is 0.910. The fourth-order valence-corrected chi connectivity index (χ4v) is 0.910. The van der Waals surface area contributed by atoms with E-state index in [-0.39, 0.29) is 0 Å². The Hall–Kier alpha value is -1.77. The van der Waals surface area contributed by atoms with Gasteiger partial charge in [0.2, 0.25) is 0 Å². The van der Waals surface area contributed by atoms with Gasteiger partial charge in [0.1, 0.15) is 0 Å². The lowest BCUT2D eigenvalue weighted by Gasteiger charge is -1.95. The molecule has 0 atom stereocenters. The molecule has 2 N–H and O–H groups in total. The summed E-state index contributed by atoms with van der Waals surface area (Å²) in [5.41, 5.74) is 1.42. The maximum Gasteiger partial charge on any atom is 0.0639 e. The van der Waals surface area contributed by atoms with Gasteiger partial charge >= 0.3 is 0 Å². The second-order valence-corrected chi connectivity index (χ2v) is 2.49. The van der Waals surface area contributed by atoms with Crippen LogP contribution in [0.4, 0.5) is 5.69 Å². The van der Waals surface area contributed by atoms with E-state index in [2.05, 4.69) is 4.99 Å². The summed E-state index contributed by atoms with van der Waals surface area (Å²) in [5.74, 6) is 0. The first-order valence-electron chi connectivity index (χ1n) is 3.99. The molecule has 0 bridgehead atoms. The summed E-state index contributed by atoms with van der Waals surface area (Å²) in [6.07, 6.45) is 2.84. The van der Waals surface area contributed by atoms with Gasteiger partial charge in [0, 0.05) is 18.9 Å². The van der Waals surface area contributed by atoms with E-state index in [0.717, 1.165) is 5.69 Å². The number of rotatable bonds is 4. The van der Waals surface area contributed by atoms with Crippen molar-refractivity contribution in [2.45, 2.75) is 6.42 Å². The number of nitrogens with zero attached hydrogens (tertiary/aromatic N) is 1. The van der Waals surface area contributed by atoms with Crippen molar-refractivity contribution >= 4 is 23.8 Å². The van der Waals surface area contributed by atoms with Gasteiger partial charge in [-0.2, -0.15) is 0 Å². The van der Waals surface area contributed by atoms with Gasteiger partial charge in [-0.25, -0.2) is 0 Å². The van der Waals surface area contributed by atoms with Crippen molar-refractivity contribution in [1.82, 2.24) is 0 Å². The number of para-hydroxylation sites is 1. The molecule has 1 aromatic carbocycles. The minimum atomic E-state index is 0.415. The average Bonchev–Trinajstić information content (AvgIpc) is 2.19. The Morgan fingerprint density at radius 3 is 2.46 bits per heavy atom. The molecule has 1 aromatic rings. The van der Waals surface area contributed by atoms with Crippen molar-refractivity contribution in [2.75, 3.05) is 0 Å². The van der Waals surface area contributed by atoms with E-state index in [1.54, 1.807) is 0 Å². The highest BCUT2D eigenvalue weighted by Gasteiger charge is 1.92. The second kappa shape index (κ2) is 4.98. The fraction of sp³-hybridized carbons (Fsp3) is 0.100. The van der Waals surface area contributed by atoms with Gasteiger partial charge < -0.3 is 10.8 Å². The van der Waals surface area contributed by atoms with Crippen LogP contribution in [0.15, 0.2) is 35.3 Å². The number of aliphatic imine (C=N–C) groups is 1. The Morgan fingerprint density at radius 2 is 1.92 bits per heavy atom. The van der Waals surface area contributed by atoms with Gasteiger partial charge in [-0.3, -0.25) is 4.99 Å². The smallest absolute Gasteiger partial charge is 0.0639 e. The van der Waals surface area contributed by atoms with E-state index in [0.29, 0.717) is 12.1 Å². The molecule has 3 heteroatoms. The third-order valence-corrected chi connectivity index (χ3v) is 1.51. The maximum absolute atomic E-state index is 7.05. The number of hydrogen-bond donors (Lipinski definition) is 2. The van der Waals surface area contributed by atoms with Crippen LogP contribution in [-0.2, 0) is 0 Å². The Kier molecular flexibility index (Phi) is 3.57. The molecule has 0 radical (unpaired) electrons. The molecule has 3 nitrogen and oxygen atoms in total. The van der Waals surface area contributed by atoms with E-state index in [4.69, 9.17) is 10.8 Å². The highest BCUT2D eigenvalue weighted by Crippen LogP contribution is 2.09. The van der Waals surface area contributed by atoms with Crippen LogP contribution in [0.2, 0.25) is 0 Å². The van der Waals surface area contributed by atoms with Crippen LogP contribution in [0.25, 0.3) is 0 Å². The topological polar surface area (TPSA) is 60.1 Å². The quantitative estimate of drug-likeness (QED) is 0.657. The number of hydrogen-bond acceptors (Lipinski definition) is 3. The highest BCUT2D eigenvalue weighted by molar-refractivity contribution is 6.32. The van der Waals surface area contributed by atoms with Crippen LogP contribution < -0.4 is 0 Å². The van der Waals surface area contributed by atoms with Gasteiger partial charge in [-0.15, -0.1) is 0 Å². The van der Waals surface area contributed by atoms with Crippen molar-refractivity contribution in [2.24, 2.45) is 4.99 Å². The Balaban J connectivity index is 2.84. The SMILES string of the molecule is N=CCC(C=N)=Nc1ccccc1. The summed E-state index contributed by atoms with van der Waals surface area (Å²) in [4.78, 5) is 4.19. The average molecular weight is 173 g/mol. The predicted octanol–water partition coefficient (Wildman–Crippen LogP) is 2.45. The van der Waals surface area contributed by atoms with Gasteiger partial charge in [0.05, 0.1) is 11.4 Å². The largest absolute Gasteiger partial charge is 0.313 e. The van der Waals surface area contributed by atoms with Crippen molar-refractivity contribution in [1.29, 1.82) is 10.8 Å². The lowest BCUT2D eigenvalue weighted by Crippen LogP contribution is -1.98. The van der Waals surface area contributed by atoms with Gasteiger partial charge in [-0.1, -0.05) is 18.2 Å². The monoisotopic (exact) mass is 173 g/mol. The van der Waals surface area contributed by atoms with Gasteiger partial charge in [-0.05, 0) is 12.1 Å². The Morgan fingerprint density at radius 1 is 1.23 bits per heavy atom. The van der Waals surface area contributed by atoms with Crippen molar-refractivity contribution in [3.63, 3.8) is 0 Å². The molecule has 0 saturated heterocycles. The molecular formula is C10H11N3. The Labute approximate surface area is 77.2 Å². The molecule has 1 rings (SSSR count). The molecule has 0 saturated carbocycles. The molecular weight excluding hydrogens is 162 g/mol. The van der Waals surface area contributed by atoms with Gasteiger partial charge in [0.25, 0.3) is 0 Å². The first-order valence-corrected chi connectivity index (χ1v) is 3.99. The predicted molar refractivity (Wildman–Crippen MR) is 55.7 cm³/mol. The molecule has 0 aromatic heterocycles. The van der Waals surface area contributed by atoms with Crippen molar-refractivity contribution < 1.29 is 0 Å². The zero-order valence-electron chi connectivity index (χ0n) is 7.20. The summed E-state index contributed by atoms with van der Waals surface area (Å²) >= 11 is 0.